The molecule has 174 valence electrons. The summed E-state index contributed by atoms with van der Waals surface area (Å²) >= 11 is 0. The molecule has 0 aliphatic carbocycles. The van der Waals surface area contributed by atoms with Gasteiger partial charge in [0.15, 0.2) is 0 Å². The summed E-state index contributed by atoms with van der Waals surface area (Å²) in [7, 11) is 0. The van der Waals surface area contributed by atoms with Crippen molar-refractivity contribution < 1.29 is 18.4 Å². The number of ether oxygens (including phenoxy) is 1. The molecule has 2 aromatic carbocycles. The third-order valence-electron chi connectivity index (χ3n) is 5.58. The average molecular weight is 453 g/mol. The summed E-state index contributed by atoms with van der Waals surface area (Å²) in [6.07, 6.45) is 1.75. The maximum Gasteiger partial charge on any atom is 0.226 e. The number of morpholine rings is 1. The van der Waals surface area contributed by atoms with Gasteiger partial charge in [-0.3, -0.25) is 9.69 Å². The molecule has 1 aromatic heterocycles. The summed E-state index contributed by atoms with van der Waals surface area (Å²) in [5, 5.41) is 6.91. The second-order valence-electron chi connectivity index (χ2n) is 8.39. The number of nitrogens with zero attached hydrogens (tertiary/aromatic N) is 3. The quantitative estimate of drug-likeness (QED) is 0.533. The van der Waals surface area contributed by atoms with E-state index in [9.17, 15) is 9.18 Å². The number of benzene rings is 2. The van der Waals surface area contributed by atoms with Gasteiger partial charge in [0.25, 0.3) is 0 Å². The van der Waals surface area contributed by atoms with E-state index in [0.29, 0.717) is 43.1 Å². The van der Waals surface area contributed by atoms with Crippen molar-refractivity contribution in [1.29, 1.82) is 0 Å². The molecule has 1 aliphatic heterocycles. The molecule has 0 saturated carbocycles. The largest absolute Gasteiger partial charge is 0.376 e. The van der Waals surface area contributed by atoms with Crippen LogP contribution < -0.4 is 5.32 Å². The first-order chi connectivity index (χ1) is 16.0. The van der Waals surface area contributed by atoms with Gasteiger partial charge >= 0.3 is 0 Å². The van der Waals surface area contributed by atoms with E-state index in [1.165, 1.54) is 17.7 Å². The fourth-order valence-electron chi connectivity index (χ4n) is 3.89. The zero-order valence-corrected chi connectivity index (χ0v) is 18.8. The molecule has 1 aliphatic rings. The Morgan fingerprint density at radius 2 is 2.03 bits per heavy atom. The molecular weight excluding hydrogens is 423 g/mol. The van der Waals surface area contributed by atoms with Crippen molar-refractivity contribution in [2.24, 2.45) is 0 Å². The number of carbonyl (C=O) groups excluding carboxylic acids is 1. The van der Waals surface area contributed by atoms with Crippen molar-refractivity contribution in [3.63, 3.8) is 0 Å². The maximum absolute atomic E-state index is 13.0. The van der Waals surface area contributed by atoms with Crippen LogP contribution in [0.5, 0.6) is 0 Å². The van der Waals surface area contributed by atoms with E-state index >= 15 is 0 Å². The summed E-state index contributed by atoms with van der Waals surface area (Å²) < 4.78 is 23.9. The van der Waals surface area contributed by atoms with E-state index in [-0.39, 0.29) is 17.8 Å². The first-order valence-corrected chi connectivity index (χ1v) is 11.3. The van der Waals surface area contributed by atoms with Crippen molar-refractivity contribution in [2.45, 2.75) is 45.4 Å². The van der Waals surface area contributed by atoms with Gasteiger partial charge in [0.1, 0.15) is 5.82 Å². The van der Waals surface area contributed by atoms with Gasteiger partial charge in [-0.05, 0) is 48.7 Å². The highest BCUT2D eigenvalue weighted by molar-refractivity contribution is 5.75. The lowest BCUT2D eigenvalue weighted by Crippen LogP contribution is -2.40. The molecule has 8 heteroatoms. The van der Waals surface area contributed by atoms with Crippen molar-refractivity contribution in [2.75, 3.05) is 19.7 Å². The smallest absolute Gasteiger partial charge is 0.226 e. The van der Waals surface area contributed by atoms with Gasteiger partial charge in [-0.1, -0.05) is 29.4 Å². The van der Waals surface area contributed by atoms with Crippen LogP contribution >= 0.6 is 0 Å². The van der Waals surface area contributed by atoms with Crippen molar-refractivity contribution >= 4 is 5.91 Å². The molecular formula is C25H29FN4O3. The fourth-order valence-corrected chi connectivity index (χ4v) is 3.89. The molecule has 2 heterocycles. The topological polar surface area (TPSA) is 80.5 Å². The van der Waals surface area contributed by atoms with Gasteiger partial charge in [-0.25, -0.2) is 4.39 Å². The summed E-state index contributed by atoms with van der Waals surface area (Å²) in [6.45, 7) is 6.14. The van der Waals surface area contributed by atoms with Crippen molar-refractivity contribution in [3.05, 3.63) is 71.4 Å². The predicted molar refractivity (Wildman–Crippen MR) is 122 cm³/mol. The molecule has 1 saturated heterocycles. The molecule has 7 nitrogen and oxygen atoms in total. The number of hydrogen-bond donors (Lipinski definition) is 1. The Morgan fingerprint density at radius 1 is 1.21 bits per heavy atom. The first kappa shape index (κ1) is 23.1. The molecule has 0 spiro atoms. The maximum atomic E-state index is 13.0. The van der Waals surface area contributed by atoms with Gasteiger partial charge in [0.05, 0.1) is 12.7 Å². The lowest BCUT2D eigenvalue weighted by Gasteiger charge is -2.31. The third kappa shape index (κ3) is 6.94. The van der Waals surface area contributed by atoms with Crippen LogP contribution in [0.2, 0.25) is 0 Å². The molecule has 1 N–H and O–H groups in total. The molecule has 3 aromatic rings. The van der Waals surface area contributed by atoms with E-state index in [1.54, 1.807) is 12.1 Å². The van der Waals surface area contributed by atoms with Crippen LogP contribution in [-0.2, 0) is 29.0 Å². The Morgan fingerprint density at radius 3 is 2.85 bits per heavy atom. The van der Waals surface area contributed by atoms with Crippen molar-refractivity contribution in [3.8, 4) is 11.4 Å². The van der Waals surface area contributed by atoms with Gasteiger partial charge in [-0.15, -0.1) is 0 Å². The van der Waals surface area contributed by atoms with Crippen LogP contribution in [0.1, 0.15) is 36.8 Å². The summed E-state index contributed by atoms with van der Waals surface area (Å²) in [4.78, 5) is 19.0. The number of nitrogens with one attached hydrogen (secondary N) is 1. The zero-order chi connectivity index (χ0) is 23.0. The minimum atomic E-state index is -0.313. The van der Waals surface area contributed by atoms with Gasteiger partial charge in [0.2, 0.25) is 17.6 Å². The normalized spacial score (nSPS) is 16.6. The molecule has 33 heavy (non-hydrogen) atoms. The molecule has 0 radical (unpaired) electrons. The standard InChI is InChI=1S/C25H29FN4O3/c1-18-16-30(12-13-32-18)17-20-5-2-4-19(14-20)15-27-23(31)6-3-7-24-28-25(29-33-24)21-8-10-22(26)11-9-21/h2,4-5,8-11,14,18H,3,6-7,12-13,15-17H2,1H3,(H,27,31). The minimum absolute atomic E-state index is 0.0133. The van der Waals surface area contributed by atoms with Crippen LogP contribution in [0.25, 0.3) is 11.4 Å². The molecule has 1 unspecified atom stereocenters. The van der Waals surface area contributed by atoms with Gasteiger partial charge in [0, 0.05) is 44.6 Å². The number of aromatic nitrogens is 2. The molecule has 1 atom stereocenters. The van der Waals surface area contributed by atoms with Crippen LogP contribution in [0.3, 0.4) is 0 Å². The Balaban J connectivity index is 1.19. The average Bonchev–Trinajstić information content (AvgIpc) is 3.27. The number of amides is 1. The Kier molecular flexibility index (Phi) is 7.80. The second kappa shape index (κ2) is 11.2. The summed E-state index contributed by atoms with van der Waals surface area (Å²) in [6, 6.07) is 14.3. The molecule has 1 amide bonds. The number of halogens is 1. The summed E-state index contributed by atoms with van der Waals surface area (Å²) in [5.74, 6) is 0.556. The molecule has 0 bridgehead atoms. The second-order valence-corrected chi connectivity index (χ2v) is 8.39. The zero-order valence-electron chi connectivity index (χ0n) is 18.8. The first-order valence-electron chi connectivity index (χ1n) is 11.3. The number of hydrogen-bond acceptors (Lipinski definition) is 6. The van der Waals surface area contributed by atoms with Crippen molar-refractivity contribution in [1.82, 2.24) is 20.4 Å². The van der Waals surface area contributed by atoms with E-state index in [1.807, 2.05) is 12.1 Å². The monoisotopic (exact) mass is 452 g/mol. The number of rotatable bonds is 9. The van der Waals surface area contributed by atoms with Crippen LogP contribution in [0.15, 0.2) is 53.1 Å². The third-order valence-corrected chi connectivity index (χ3v) is 5.58. The molecule has 1 fully saturated rings. The van der Waals surface area contributed by atoms with E-state index in [0.717, 1.165) is 31.8 Å². The molecule has 4 rings (SSSR count). The van der Waals surface area contributed by atoms with E-state index < -0.39 is 0 Å². The minimum Gasteiger partial charge on any atom is -0.376 e. The van der Waals surface area contributed by atoms with Crippen LogP contribution in [-0.4, -0.2) is 46.7 Å². The Bertz CT molecular complexity index is 1050. The Labute approximate surface area is 192 Å². The van der Waals surface area contributed by atoms with Crippen LogP contribution in [0, 0.1) is 5.82 Å². The van der Waals surface area contributed by atoms with E-state index in [4.69, 9.17) is 9.26 Å². The predicted octanol–water partition coefficient (Wildman–Crippen LogP) is 3.74. The van der Waals surface area contributed by atoms with Gasteiger partial charge < -0.3 is 14.6 Å². The highest BCUT2D eigenvalue weighted by Crippen LogP contribution is 2.17. The highest BCUT2D eigenvalue weighted by atomic mass is 19.1. The Hall–Kier alpha value is -3.10. The fraction of sp³-hybridized carbons (Fsp3) is 0.400. The lowest BCUT2D eigenvalue weighted by atomic mass is 10.1. The van der Waals surface area contributed by atoms with Crippen LogP contribution in [0.4, 0.5) is 4.39 Å². The lowest BCUT2D eigenvalue weighted by molar-refractivity contribution is -0.121. The van der Waals surface area contributed by atoms with E-state index in [2.05, 4.69) is 39.4 Å². The number of carbonyl (C=O) groups is 1. The highest BCUT2D eigenvalue weighted by Gasteiger charge is 2.16. The SMILES string of the molecule is CC1CN(Cc2cccc(CNC(=O)CCCc3nc(-c4ccc(F)cc4)no3)c2)CCO1. The number of aryl methyl sites for hydroxylation is 1. The summed E-state index contributed by atoms with van der Waals surface area (Å²) in [5.41, 5.74) is 3.02. The van der Waals surface area contributed by atoms with Gasteiger partial charge in [-0.2, -0.15) is 4.98 Å².